The van der Waals surface area contributed by atoms with Crippen molar-refractivity contribution in [1.29, 1.82) is 0 Å². The molecule has 0 saturated heterocycles. The molecule has 238 valence electrons. The van der Waals surface area contributed by atoms with E-state index in [0.717, 1.165) is 61.4 Å². The number of carbonyl (C=O) groups is 1. The Labute approximate surface area is 261 Å². The monoisotopic (exact) mass is 593 g/mol. The largest absolute Gasteiger partial charge is 0.490 e. The molecule has 0 atom stereocenters. The van der Waals surface area contributed by atoms with Crippen molar-refractivity contribution < 1.29 is 19.0 Å². The molecule has 0 radical (unpaired) electrons. The van der Waals surface area contributed by atoms with Crippen LogP contribution in [0.5, 0.6) is 0 Å². The molecule has 4 nitrogen and oxygen atoms in total. The van der Waals surface area contributed by atoms with Crippen molar-refractivity contribution in [3.63, 3.8) is 0 Å². The molecule has 0 fully saturated rings. The summed E-state index contributed by atoms with van der Waals surface area (Å²) in [4.78, 5) is 13.1. The first-order valence-electron chi connectivity index (χ1n) is 15.5. The highest BCUT2D eigenvalue weighted by Gasteiger charge is 2.05. The molecular formula is C38H56FNO3. The molecule has 0 aromatic rings. The summed E-state index contributed by atoms with van der Waals surface area (Å²) in [6.07, 6.45) is 27.6. The molecule has 0 spiro atoms. The summed E-state index contributed by atoms with van der Waals surface area (Å²) >= 11 is 0. The average molecular weight is 594 g/mol. The van der Waals surface area contributed by atoms with E-state index in [2.05, 4.69) is 67.9 Å². The van der Waals surface area contributed by atoms with E-state index >= 15 is 0 Å². The molecule has 0 rings (SSSR count). The number of carboxylic acid groups (broad SMARTS) is 1. The minimum absolute atomic E-state index is 0.200. The fourth-order valence-corrected chi connectivity index (χ4v) is 3.99. The van der Waals surface area contributed by atoms with Crippen molar-refractivity contribution >= 4 is 5.97 Å². The van der Waals surface area contributed by atoms with Gasteiger partial charge in [-0.2, -0.15) is 0 Å². The maximum Gasteiger partial charge on any atom is 0.303 e. The Bertz CT molecular complexity index is 1130. The summed E-state index contributed by atoms with van der Waals surface area (Å²) in [6, 6.07) is 0. The normalized spacial score (nSPS) is 14.6. The Morgan fingerprint density at radius 1 is 0.907 bits per heavy atom. The summed E-state index contributed by atoms with van der Waals surface area (Å²) < 4.78 is 19.8. The zero-order chi connectivity index (χ0) is 32.5. The second kappa shape index (κ2) is 25.1. The number of hydrogen-bond acceptors (Lipinski definition) is 3. The van der Waals surface area contributed by atoms with E-state index in [9.17, 15) is 9.18 Å². The van der Waals surface area contributed by atoms with Gasteiger partial charge < -0.3 is 9.84 Å². The first-order valence-corrected chi connectivity index (χ1v) is 15.5. The fourth-order valence-electron chi connectivity index (χ4n) is 3.99. The summed E-state index contributed by atoms with van der Waals surface area (Å²) in [7, 11) is 0. The van der Waals surface area contributed by atoms with Crippen LogP contribution in [0.2, 0.25) is 0 Å². The Hall–Kier alpha value is -3.44. The van der Waals surface area contributed by atoms with Crippen LogP contribution in [0.15, 0.2) is 119 Å². The van der Waals surface area contributed by atoms with Crippen molar-refractivity contribution in [2.75, 3.05) is 26.2 Å². The van der Waals surface area contributed by atoms with Gasteiger partial charge in [0.1, 0.15) is 18.2 Å². The van der Waals surface area contributed by atoms with Gasteiger partial charge in [-0.25, -0.2) is 4.39 Å². The zero-order valence-corrected chi connectivity index (χ0v) is 27.8. The zero-order valence-electron chi connectivity index (χ0n) is 27.8. The SMILES string of the molecule is C=C(/C=C\C(F)=C/CC)/C(C)=C/CN(CCC)CC(/C=C\C)=C/C=C(\C)COC(/C=C\C)=C/C/C=C(\C)CCCC(=O)O. The van der Waals surface area contributed by atoms with Crippen molar-refractivity contribution in [1.82, 2.24) is 4.90 Å². The molecule has 0 unspecified atom stereocenters. The molecule has 0 amide bonds. The number of hydrogen-bond donors (Lipinski definition) is 1. The Balaban J connectivity index is 5.35. The molecule has 1 N–H and O–H groups in total. The number of rotatable bonds is 22. The number of aliphatic carboxylic acids is 1. The predicted molar refractivity (Wildman–Crippen MR) is 184 cm³/mol. The topological polar surface area (TPSA) is 49.8 Å². The van der Waals surface area contributed by atoms with E-state index in [1.165, 1.54) is 17.2 Å². The predicted octanol–water partition coefficient (Wildman–Crippen LogP) is 10.5. The molecule has 0 bridgehead atoms. The molecule has 43 heavy (non-hydrogen) atoms. The highest BCUT2D eigenvalue weighted by Crippen LogP contribution is 2.14. The average Bonchev–Trinajstić information content (AvgIpc) is 2.96. The Morgan fingerprint density at radius 3 is 2.26 bits per heavy atom. The van der Waals surface area contributed by atoms with Crippen LogP contribution >= 0.6 is 0 Å². The van der Waals surface area contributed by atoms with Gasteiger partial charge >= 0.3 is 5.97 Å². The fraction of sp³-hybridized carbons (Fsp3) is 0.447. The van der Waals surface area contributed by atoms with Gasteiger partial charge in [0.2, 0.25) is 0 Å². The third-order valence-corrected chi connectivity index (χ3v) is 6.46. The van der Waals surface area contributed by atoms with Crippen LogP contribution in [0.1, 0.15) is 87.0 Å². The first kappa shape index (κ1) is 39.6. The molecule has 0 saturated carbocycles. The summed E-state index contributed by atoms with van der Waals surface area (Å²) in [6.45, 7) is 21.3. The summed E-state index contributed by atoms with van der Waals surface area (Å²) in [5.41, 5.74) is 5.37. The maximum atomic E-state index is 13.7. The second-order valence-electron chi connectivity index (χ2n) is 10.7. The van der Waals surface area contributed by atoms with Crippen LogP contribution in [0.3, 0.4) is 0 Å². The standard InChI is InChI=1S/C38H56FNO3/c1-9-15-35(29-40(27-12-4)28-26-34(8)33(7)23-25-36(39)16-10-2)24-22-32(6)30-43-37(17-11-3)20-13-18-31(5)19-14-21-38(41)42/h9,11,15-18,20,22-26H,7,10,12-14,19,21,27-30H2,1-6,8H3,(H,41,42)/b15-9-,17-11-,25-23-,31-18+,32-22+,34-26+,35-24+,36-16+,37-20+. The molecule has 0 aliphatic carbocycles. The highest BCUT2D eigenvalue weighted by atomic mass is 19.1. The lowest BCUT2D eigenvalue weighted by Gasteiger charge is -2.21. The molecular weight excluding hydrogens is 537 g/mol. The lowest BCUT2D eigenvalue weighted by molar-refractivity contribution is -0.137. The van der Waals surface area contributed by atoms with Crippen molar-refractivity contribution in [3.05, 3.63) is 119 Å². The molecule has 0 heterocycles. The van der Waals surface area contributed by atoms with Gasteiger partial charge in [-0.1, -0.05) is 74.6 Å². The highest BCUT2D eigenvalue weighted by molar-refractivity contribution is 5.66. The quantitative estimate of drug-likeness (QED) is 0.0771. The van der Waals surface area contributed by atoms with Crippen molar-refractivity contribution in [2.24, 2.45) is 0 Å². The van der Waals surface area contributed by atoms with Gasteiger partial charge in [-0.05, 0) is 120 Å². The van der Waals surface area contributed by atoms with E-state index in [1.54, 1.807) is 12.2 Å². The van der Waals surface area contributed by atoms with E-state index in [-0.39, 0.29) is 12.2 Å². The van der Waals surface area contributed by atoms with Gasteiger partial charge in [0.15, 0.2) is 0 Å². The molecule has 5 heteroatoms. The van der Waals surface area contributed by atoms with Crippen LogP contribution < -0.4 is 0 Å². The maximum absolute atomic E-state index is 13.7. The van der Waals surface area contributed by atoms with E-state index in [4.69, 9.17) is 9.84 Å². The van der Waals surface area contributed by atoms with Crippen LogP contribution in [-0.4, -0.2) is 42.2 Å². The summed E-state index contributed by atoms with van der Waals surface area (Å²) in [5, 5.41) is 8.81. The van der Waals surface area contributed by atoms with Crippen LogP contribution in [-0.2, 0) is 9.53 Å². The lowest BCUT2D eigenvalue weighted by atomic mass is 10.1. The number of carboxylic acids is 1. The van der Waals surface area contributed by atoms with Crippen LogP contribution in [0.25, 0.3) is 0 Å². The smallest absolute Gasteiger partial charge is 0.303 e. The molecule has 0 aromatic heterocycles. The minimum atomic E-state index is -0.751. The van der Waals surface area contributed by atoms with Crippen LogP contribution in [0, 0.1) is 0 Å². The van der Waals surface area contributed by atoms with Gasteiger partial charge in [-0.15, -0.1) is 0 Å². The molecule has 0 aromatic carbocycles. The van der Waals surface area contributed by atoms with Gasteiger partial charge in [0, 0.05) is 19.5 Å². The van der Waals surface area contributed by atoms with Gasteiger partial charge in [0.05, 0.1) is 0 Å². The minimum Gasteiger partial charge on any atom is -0.490 e. The number of nitrogens with zero attached hydrogens (tertiary/aromatic N) is 1. The van der Waals surface area contributed by atoms with Crippen LogP contribution in [0.4, 0.5) is 4.39 Å². The molecule has 0 aliphatic rings. The van der Waals surface area contributed by atoms with Gasteiger partial charge in [-0.3, -0.25) is 9.69 Å². The van der Waals surface area contributed by atoms with Gasteiger partial charge in [0.25, 0.3) is 0 Å². The number of allylic oxidation sites excluding steroid dienone is 14. The Morgan fingerprint density at radius 2 is 1.63 bits per heavy atom. The lowest BCUT2D eigenvalue weighted by Crippen LogP contribution is -2.27. The third-order valence-electron chi connectivity index (χ3n) is 6.46. The van der Waals surface area contributed by atoms with Crippen molar-refractivity contribution in [2.45, 2.75) is 87.0 Å². The van der Waals surface area contributed by atoms with E-state index in [1.807, 2.05) is 46.8 Å². The van der Waals surface area contributed by atoms with E-state index < -0.39 is 5.97 Å². The third kappa shape index (κ3) is 21.9. The first-order chi connectivity index (χ1) is 20.6. The molecule has 0 aliphatic heterocycles. The Kier molecular flexibility index (Phi) is 23.1. The number of halogens is 1. The second-order valence-corrected chi connectivity index (χ2v) is 10.7. The number of ether oxygens (including phenoxy) is 1. The van der Waals surface area contributed by atoms with Crippen molar-refractivity contribution in [3.8, 4) is 0 Å². The van der Waals surface area contributed by atoms with E-state index in [0.29, 0.717) is 19.4 Å². The summed E-state index contributed by atoms with van der Waals surface area (Å²) in [5.74, 6) is -0.166.